The SMILES string of the molecule is O=C(O)C1CCC(c2ccsc2)CN1. The number of carboxylic acid groups (broad SMARTS) is 1. The molecule has 1 aromatic heterocycles. The van der Waals surface area contributed by atoms with Gasteiger partial charge in [-0.05, 0) is 41.1 Å². The molecule has 1 aromatic rings. The van der Waals surface area contributed by atoms with E-state index in [1.807, 2.05) is 0 Å². The summed E-state index contributed by atoms with van der Waals surface area (Å²) in [6.07, 6.45) is 1.70. The Hall–Kier alpha value is -0.870. The van der Waals surface area contributed by atoms with E-state index >= 15 is 0 Å². The van der Waals surface area contributed by atoms with Crippen molar-refractivity contribution in [3.63, 3.8) is 0 Å². The summed E-state index contributed by atoms with van der Waals surface area (Å²) in [6, 6.07) is 1.78. The van der Waals surface area contributed by atoms with Crippen LogP contribution in [0.4, 0.5) is 0 Å². The van der Waals surface area contributed by atoms with E-state index in [4.69, 9.17) is 5.11 Å². The van der Waals surface area contributed by atoms with Crippen molar-refractivity contribution in [3.8, 4) is 0 Å². The molecule has 0 spiro atoms. The van der Waals surface area contributed by atoms with Gasteiger partial charge in [-0.1, -0.05) is 0 Å². The monoisotopic (exact) mass is 211 g/mol. The highest BCUT2D eigenvalue weighted by Crippen LogP contribution is 2.26. The first-order chi connectivity index (χ1) is 6.77. The third kappa shape index (κ3) is 1.96. The lowest BCUT2D eigenvalue weighted by molar-refractivity contribution is -0.140. The van der Waals surface area contributed by atoms with E-state index in [0.717, 1.165) is 19.4 Å². The van der Waals surface area contributed by atoms with Crippen molar-refractivity contribution in [2.45, 2.75) is 24.8 Å². The molecule has 0 saturated carbocycles. The van der Waals surface area contributed by atoms with Gasteiger partial charge in [0.15, 0.2) is 0 Å². The summed E-state index contributed by atoms with van der Waals surface area (Å²) in [6.45, 7) is 0.785. The van der Waals surface area contributed by atoms with E-state index in [9.17, 15) is 4.79 Å². The number of carboxylic acids is 1. The minimum absolute atomic E-state index is 0.343. The van der Waals surface area contributed by atoms with Gasteiger partial charge in [0.05, 0.1) is 0 Å². The highest BCUT2D eigenvalue weighted by Gasteiger charge is 2.25. The Labute approximate surface area is 86.8 Å². The Bertz CT molecular complexity index is 302. The van der Waals surface area contributed by atoms with Gasteiger partial charge in [0.25, 0.3) is 0 Å². The minimum atomic E-state index is -0.728. The van der Waals surface area contributed by atoms with Crippen molar-refractivity contribution >= 4 is 17.3 Å². The fourth-order valence-electron chi connectivity index (χ4n) is 1.86. The second-order valence-corrected chi connectivity index (χ2v) is 4.41. The Kier molecular flexibility index (Phi) is 2.84. The van der Waals surface area contributed by atoms with Crippen LogP contribution >= 0.6 is 11.3 Å². The van der Waals surface area contributed by atoms with Crippen LogP contribution in [0.1, 0.15) is 24.3 Å². The lowest BCUT2D eigenvalue weighted by atomic mass is 9.90. The second-order valence-electron chi connectivity index (χ2n) is 3.63. The first kappa shape index (κ1) is 9.68. The molecule has 1 aliphatic rings. The number of nitrogens with one attached hydrogen (secondary N) is 1. The summed E-state index contributed by atoms with van der Waals surface area (Å²) >= 11 is 1.70. The molecular weight excluding hydrogens is 198 g/mol. The maximum Gasteiger partial charge on any atom is 0.320 e. The molecule has 4 heteroatoms. The lowest BCUT2D eigenvalue weighted by Gasteiger charge is -2.26. The Morgan fingerprint density at radius 2 is 2.43 bits per heavy atom. The summed E-state index contributed by atoms with van der Waals surface area (Å²) in [5.74, 6) is -0.231. The van der Waals surface area contributed by atoms with Crippen LogP contribution in [0, 0.1) is 0 Å². The molecule has 2 N–H and O–H groups in total. The van der Waals surface area contributed by atoms with Crippen LogP contribution in [0.3, 0.4) is 0 Å². The van der Waals surface area contributed by atoms with E-state index in [1.165, 1.54) is 5.56 Å². The molecule has 0 amide bonds. The van der Waals surface area contributed by atoms with Gasteiger partial charge in [-0.3, -0.25) is 4.79 Å². The molecule has 1 fully saturated rings. The molecule has 2 heterocycles. The molecule has 1 aliphatic heterocycles. The standard InChI is InChI=1S/C10H13NO2S/c12-10(13)9-2-1-7(5-11-9)8-3-4-14-6-8/h3-4,6-7,9,11H,1-2,5H2,(H,12,13). The first-order valence-corrected chi connectivity index (χ1v) is 5.70. The van der Waals surface area contributed by atoms with Crippen LogP contribution in [0.2, 0.25) is 0 Å². The largest absolute Gasteiger partial charge is 0.480 e. The smallest absolute Gasteiger partial charge is 0.320 e. The molecule has 2 atom stereocenters. The van der Waals surface area contributed by atoms with Crippen LogP contribution in [-0.4, -0.2) is 23.7 Å². The number of hydrogen-bond donors (Lipinski definition) is 2. The predicted molar refractivity (Wildman–Crippen MR) is 55.7 cm³/mol. The fourth-order valence-corrected chi connectivity index (χ4v) is 2.60. The summed E-state index contributed by atoms with van der Waals surface area (Å²) in [5.41, 5.74) is 1.34. The zero-order valence-corrected chi connectivity index (χ0v) is 8.59. The lowest BCUT2D eigenvalue weighted by Crippen LogP contribution is -2.43. The molecule has 2 unspecified atom stereocenters. The number of rotatable bonds is 2. The van der Waals surface area contributed by atoms with Crippen molar-refractivity contribution in [3.05, 3.63) is 22.4 Å². The Balaban J connectivity index is 1.93. The third-order valence-corrected chi connectivity index (χ3v) is 3.43. The Morgan fingerprint density at radius 3 is 2.93 bits per heavy atom. The maximum absolute atomic E-state index is 10.7. The summed E-state index contributed by atoms with van der Waals surface area (Å²) in [5, 5.41) is 16.1. The van der Waals surface area contributed by atoms with Crippen LogP contribution in [0.5, 0.6) is 0 Å². The van der Waals surface area contributed by atoms with E-state index in [2.05, 4.69) is 22.1 Å². The molecule has 76 valence electrons. The van der Waals surface area contributed by atoms with E-state index in [-0.39, 0.29) is 6.04 Å². The number of hydrogen-bond acceptors (Lipinski definition) is 3. The topological polar surface area (TPSA) is 49.3 Å². The second kappa shape index (κ2) is 4.11. The number of piperidine rings is 1. The highest BCUT2D eigenvalue weighted by molar-refractivity contribution is 7.07. The molecule has 2 rings (SSSR count). The summed E-state index contributed by atoms with van der Waals surface area (Å²) in [4.78, 5) is 10.7. The zero-order chi connectivity index (χ0) is 9.97. The van der Waals surface area contributed by atoms with Crippen LogP contribution in [0.25, 0.3) is 0 Å². The zero-order valence-electron chi connectivity index (χ0n) is 7.77. The number of carbonyl (C=O) groups is 1. The molecule has 0 aliphatic carbocycles. The quantitative estimate of drug-likeness (QED) is 0.782. The van der Waals surface area contributed by atoms with Crippen LogP contribution < -0.4 is 5.32 Å². The molecular formula is C10H13NO2S. The van der Waals surface area contributed by atoms with Gasteiger partial charge in [0.2, 0.25) is 0 Å². The molecule has 0 radical (unpaired) electrons. The summed E-state index contributed by atoms with van der Waals surface area (Å²) < 4.78 is 0. The van der Waals surface area contributed by atoms with Gasteiger partial charge in [-0.15, -0.1) is 0 Å². The van der Waals surface area contributed by atoms with Gasteiger partial charge in [0, 0.05) is 6.54 Å². The highest BCUT2D eigenvalue weighted by atomic mass is 32.1. The van der Waals surface area contributed by atoms with Gasteiger partial charge in [-0.25, -0.2) is 0 Å². The van der Waals surface area contributed by atoms with Crippen LogP contribution in [0.15, 0.2) is 16.8 Å². The van der Waals surface area contributed by atoms with E-state index in [0.29, 0.717) is 5.92 Å². The van der Waals surface area contributed by atoms with Gasteiger partial charge < -0.3 is 10.4 Å². The normalized spacial score (nSPS) is 27.4. The van der Waals surface area contributed by atoms with Crippen molar-refractivity contribution in [2.75, 3.05) is 6.54 Å². The first-order valence-electron chi connectivity index (χ1n) is 4.75. The minimum Gasteiger partial charge on any atom is -0.480 e. The molecule has 1 saturated heterocycles. The molecule has 14 heavy (non-hydrogen) atoms. The molecule has 0 bridgehead atoms. The molecule has 3 nitrogen and oxygen atoms in total. The van der Waals surface area contributed by atoms with Crippen LogP contribution in [-0.2, 0) is 4.79 Å². The van der Waals surface area contributed by atoms with E-state index in [1.54, 1.807) is 11.3 Å². The fraction of sp³-hybridized carbons (Fsp3) is 0.500. The third-order valence-electron chi connectivity index (χ3n) is 2.73. The number of aliphatic carboxylic acids is 1. The predicted octanol–water partition coefficient (Wildman–Crippen LogP) is 1.67. The van der Waals surface area contributed by atoms with Gasteiger partial charge >= 0.3 is 5.97 Å². The van der Waals surface area contributed by atoms with Crippen molar-refractivity contribution in [1.29, 1.82) is 0 Å². The van der Waals surface area contributed by atoms with Crippen molar-refractivity contribution < 1.29 is 9.90 Å². The Morgan fingerprint density at radius 1 is 1.57 bits per heavy atom. The van der Waals surface area contributed by atoms with E-state index < -0.39 is 5.97 Å². The van der Waals surface area contributed by atoms with Gasteiger partial charge in [0.1, 0.15) is 6.04 Å². The van der Waals surface area contributed by atoms with Crippen molar-refractivity contribution in [2.24, 2.45) is 0 Å². The maximum atomic E-state index is 10.7. The average Bonchev–Trinajstić information content (AvgIpc) is 2.71. The molecule has 0 aromatic carbocycles. The van der Waals surface area contributed by atoms with Crippen molar-refractivity contribution in [1.82, 2.24) is 5.32 Å². The van der Waals surface area contributed by atoms with Gasteiger partial charge in [-0.2, -0.15) is 11.3 Å². The summed E-state index contributed by atoms with van der Waals surface area (Å²) in [7, 11) is 0. The average molecular weight is 211 g/mol. The number of thiophene rings is 1.